The van der Waals surface area contributed by atoms with Crippen molar-refractivity contribution < 1.29 is 19.1 Å². The van der Waals surface area contributed by atoms with Crippen LogP contribution < -0.4 is 5.32 Å². The minimum absolute atomic E-state index is 0.235. The Labute approximate surface area is 132 Å². The maximum atomic E-state index is 12.1. The number of pyridine rings is 1. The summed E-state index contributed by atoms with van der Waals surface area (Å²) in [6.45, 7) is 1.84. The average Bonchev–Trinajstić information content (AvgIpc) is 2.96. The summed E-state index contributed by atoms with van der Waals surface area (Å²) in [6, 6.07) is 5.34. The van der Waals surface area contributed by atoms with Gasteiger partial charge in [-0.05, 0) is 42.4 Å². The molecule has 2 amide bonds. The quantitative estimate of drug-likeness (QED) is 0.897. The van der Waals surface area contributed by atoms with Gasteiger partial charge in [0.2, 0.25) is 5.71 Å². The summed E-state index contributed by atoms with van der Waals surface area (Å²) >= 11 is 0. The number of hydrogen-bond donors (Lipinski definition) is 2. The Hall–Kier alpha value is -2.57. The van der Waals surface area contributed by atoms with Crippen LogP contribution in [-0.4, -0.2) is 46.6 Å². The van der Waals surface area contributed by atoms with E-state index in [-0.39, 0.29) is 11.7 Å². The van der Waals surface area contributed by atoms with Crippen LogP contribution in [-0.2, 0) is 0 Å². The third kappa shape index (κ3) is 2.52. The van der Waals surface area contributed by atoms with E-state index in [9.17, 15) is 9.59 Å². The molecule has 23 heavy (non-hydrogen) atoms. The van der Waals surface area contributed by atoms with Crippen molar-refractivity contribution in [2.24, 2.45) is 17.8 Å². The van der Waals surface area contributed by atoms with E-state index >= 15 is 0 Å². The molecule has 7 nitrogen and oxygen atoms in total. The van der Waals surface area contributed by atoms with Crippen LogP contribution in [0.2, 0.25) is 0 Å². The number of nitrogens with zero attached hydrogens (tertiary/aromatic N) is 2. The Morgan fingerprint density at radius 2 is 2.17 bits per heavy atom. The highest BCUT2D eigenvalue weighted by atomic mass is 16.4. The Bertz CT molecular complexity index is 727. The summed E-state index contributed by atoms with van der Waals surface area (Å²) in [5.41, 5.74) is 0.461. The molecule has 1 saturated heterocycles. The fraction of sp³-hybridized carbons (Fsp3) is 0.438. The fourth-order valence-electron chi connectivity index (χ4n) is 3.66. The van der Waals surface area contributed by atoms with Gasteiger partial charge in [0, 0.05) is 31.2 Å². The third-order valence-corrected chi connectivity index (χ3v) is 4.92. The third-order valence-electron chi connectivity index (χ3n) is 4.92. The summed E-state index contributed by atoms with van der Waals surface area (Å²) in [4.78, 5) is 28.5. The van der Waals surface area contributed by atoms with Gasteiger partial charge in [-0.3, -0.25) is 4.79 Å². The topological polar surface area (TPSA) is 95.7 Å². The first-order valence-electron chi connectivity index (χ1n) is 7.74. The first-order valence-corrected chi connectivity index (χ1v) is 7.74. The Kier molecular flexibility index (Phi) is 3.21. The number of carboxylic acid groups (broad SMARTS) is 1. The zero-order valence-corrected chi connectivity index (χ0v) is 12.4. The van der Waals surface area contributed by atoms with Crippen LogP contribution in [0.4, 0.5) is 4.79 Å². The number of piperidine rings is 1. The summed E-state index contributed by atoms with van der Waals surface area (Å²) in [7, 11) is 0. The molecule has 2 aromatic rings. The van der Waals surface area contributed by atoms with Gasteiger partial charge in [-0.1, -0.05) is 0 Å². The molecule has 2 aromatic heterocycles. The smallest absolute Gasteiger partial charge is 0.407 e. The normalized spacial score (nSPS) is 25.4. The molecule has 2 fully saturated rings. The van der Waals surface area contributed by atoms with Crippen molar-refractivity contribution in [3.05, 3.63) is 30.2 Å². The van der Waals surface area contributed by atoms with Gasteiger partial charge >= 0.3 is 6.09 Å². The van der Waals surface area contributed by atoms with Crippen molar-refractivity contribution in [3.63, 3.8) is 0 Å². The molecule has 0 bridgehead atoms. The second-order valence-electron chi connectivity index (χ2n) is 6.23. The number of carbonyl (C=O) groups is 2. The Balaban J connectivity index is 1.26. The van der Waals surface area contributed by atoms with Crippen LogP contribution in [0.5, 0.6) is 0 Å². The van der Waals surface area contributed by atoms with E-state index in [0.29, 0.717) is 43.1 Å². The Morgan fingerprint density at radius 1 is 1.39 bits per heavy atom. The molecule has 1 aliphatic heterocycles. The van der Waals surface area contributed by atoms with Crippen molar-refractivity contribution in [2.45, 2.75) is 6.42 Å². The van der Waals surface area contributed by atoms with Crippen LogP contribution in [0.15, 0.2) is 28.8 Å². The average molecular weight is 315 g/mol. The van der Waals surface area contributed by atoms with Crippen molar-refractivity contribution in [1.29, 1.82) is 0 Å². The summed E-state index contributed by atoms with van der Waals surface area (Å²) in [5, 5.41) is 12.6. The highest BCUT2D eigenvalue weighted by molar-refractivity contribution is 5.95. The number of hydrogen-bond acceptors (Lipinski definition) is 4. The monoisotopic (exact) mass is 315 g/mol. The van der Waals surface area contributed by atoms with E-state index in [1.165, 1.54) is 4.90 Å². The zero-order chi connectivity index (χ0) is 16.0. The lowest BCUT2D eigenvalue weighted by Gasteiger charge is -2.15. The molecule has 2 atom stereocenters. The second kappa shape index (κ2) is 5.26. The highest BCUT2D eigenvalue weighted by Crippen LogP contribution is 2.53. The van der Waals surface area contributed by atoms with E-state index < -0.39 is 6.09 Å². The molecule has 7 heteroatoms. The lowest BCUT2D eigenvalue weighted by atomic mass is 10.2. The van der Waals surface area contributed by atoms with E-state index in [4.69, 9.17) is 9.52 Å². The molecule has 1 aliphatic carbocycles. The van der Waals surface area contributed by atoms with Crippen molar-refractivity contribution in [2.75, 3.05) is 19.6 Å². The second-order valence-corrected chi connectivity index (χ2v) is 6.23. The van der Waals surface area contributed by atoms with E-state index in [1.807, 2.05) is 6.07 Å². The number of fused-ring (bicyclic) bond motifs is 2. The molecule has 0 aromatic carbocycles. The SMILES string of the molecule is O=C(NCCC1C2CN(C(=O)O)CC12)c1cc2cccnc2o1. The summed E-state index contributed by atoms with van der Waals surface area (Å²) < 4.78 is 5.42. The molecular weight excluding hydrogens is 298 g/mol. The molecule has 3 heterocycles. The highest BCUT2D eigenvalue weighted by Gasteiger charge is 2.55. The minimum atomic E-state index is -0.831. The van der Waals surface area contributed by atoms with Gasteiger partial charge in [0.1, 0.15) is 0 Å². The number of aromatic nitrogens is 1. The molecule has 2 unspecified atom stereocenters. The van der Waals surface area contributed by atoms with Gasteiger partial charge in [-0.15, -0.1) is 0 Å². The van der Waals surface area contributed by atoms with Crippen LogP contribution >= 0.6 is 0 Å². The number of rotatable bonds is 4. The number of carbonyl (C=O) groups excluding carboxylic acids is 1. The van der Waals surface area contributed by atoms with E-state index in [0.717, 1.165) is 11.8 Å². The van der Waals surface area contributed by atoms with Crippen LogP contribution in [0.1, 0.15) is 17.0 Å². The maximum Gasteiger partial charge on any atom is 0.407 e. The van der Waals surface area contributed by atoms with Crippen molar-refractivity contribution >= 4 is 23.1 Å². The summed E-state index contributed by atoms with van der Waals surface area (Å²) in [5.74, 6) is 1.51. The molecule has 1 saturated carbocycles. The van der Waals surface area contributed by atoms with Gasteiger partial charge in [-0.2, -0.15) is 0 Å². The Morgan fingerprint density at radius 3 is 2.87 bits per heavy atom. The zero-order valence-electron chi connectivity index (χ0n) is 12.4. The molecule has 0 radical (unpaired) electrons. The van der Waals surface area contributed by atoms with Crippen LogP contribution in [0.3, 0.4) is 0 Å². The van der Waals surface area contributed by atoms with Crippen molar-refractivity contribution in [3.8, 4) is 0 Å². The van der Waals surface area contributed by atoms with Crippen LogP contribution in [0, 0.1) is 17.8 Å². The number of furan rings is 1. The van der Waals surface area contributed by atoms with Gasteiger partial charge in [-0.25, -0.2) is 9.78 Å². The maximum absolute atomic E-state index is 12.1. The molecule has 120 valence electrons. The summed E-state index contributed by atoms with van der Waals surface area (Å²) in [6.07, 6.45) is 1.68. The van der Waals surface area contributed by atoms with Gasteiger partial charge in [0.15, 0.2) is 5.76 Å². The molecule has 2 N–H and O–H groups in total. The number of nitrogens with one attached hydrogen (secondary N) is 1. The molecule has 0 spiro atoms. The van der Waals surface area contributed by atoms with Gasteiger partial charge in [0.25, 0.3) is 5.91 Å². The lowest BCUT2D eigenvalue weighted by molar-refractivity contribution is 0.0926. The predicted octanol–water partition coefficient (Wildman–Crippen LogP) is 1.80. The van der Waals surface area contributed by atoms with Crippen molar-refractivity contribution in [1.82, 2.24) is 15.2 Å². The van der Waals surface area contributed by atoms with Gasteiger partial charge < -0.3 is 19.7 Å². The number of amides is 2. The minimum Gasteiger partial charge on any atom is -0.465 e. The fourth-order valence-corrected chi connectivity index (χ4v) is 3.66. The van der Waals surface area contributed by atoms with Gasteiger partial charge in [0.05, 0.1) is 0 Å². The van der Waals surface area contributed by atoms with E-state index in [1.54, 1.807) is 18.3 Å². The number of likely N-dealkylation sites (tertiary alicyclic amines) is 1. The predicted molar refractivity (Wildman–Crippen MR) is 81.0 cm³/mol. The van der Waals surface area contributed by atoms with E-state index in [2.05, 4.69) is 10.3 Å². The first kappa shape index (κ1) is 14.0. The van der Waals surface area contributed by atoms with Crippen LogP contribution in [0.25, 0.3) is 11.1 Å². The standard InChI is InChI=1S/C16H17N3O4/c20-14(13-6-9-2-1-4-18-15(9)23-13)17-5-3-10-11-7-19(16(21)22)8-12(10)11/h1-2,4,6,10-12H,3,5,7-8H2,(H,17,20)(H,21,22). The molecule has 2 aliphatic rings. The largest absolute Gasteiger partial charge is 0.465 e. The molecule has 4 rings (SSSR count). The molecular formula is C16H17N3O4. The first-order chi connectivity index (χ1) is 11.1. The lowest BCUT2D eigenvalue weighted by Crippen LogP contribution is -2.30.